The number of likely N-dealkylation sites (tertiary alicyclic amines) is 2. The summed E-state index contributed by atoms with van der Waals surface area (Å²) in [6.07, 6.45) is 9.88. The molecule has 1 N–H and O–H groups in total. The van der Waals surface area contributed by atoms with E-state index in [4.69, 9.17) is 0 Å². The van der Waals surface area contributed by atoms with Crippen molar-refractivity contribution in [2.45, 2.75) is 44.6 Å². The Bertz CT molecular complexity index is 452. The van der Waals surface area contributed by atoms with Crippen molar-refractivity contribution in [2.24, 2.45) is 0 Å². The fourth-order valence-corrected chi connectivity index (χ4v) is 4.03. The third-order valence-corrected chi connectivity index (χ3v) is 5.06. The molecule has 0 saturated carbocycles. The van der Waals surface area contributed by atoms with Crippen molar-refractivity contribution >= 4 is 5.91 Å². The lowest BCUT2D eigenvalue weighted by Gasteiger charge is -2.52. The number of nitrogens with zero attached hydrogens (tertiary/aromatic N) is 2. The lowest BCUT2D eigenvalue weighted by atomic mass is 9.79. The molecule has 1 atom stereocenters. The Kier molecular flexibility index (Phi) is 3.83. The molecule has 1 spiro atoms. The van der Waals surface area contributed by atoms with Crippen molar-refractivity contribution in [1.29, 1.82) is 0 Å². The molecule has 2 saturated heterocycles. The number of H-pyrrole nitrogens is 1. The minimum Gasteiger partial charge on any atom is -0.367 e. The first-order valence-electron chi connectivity index (χ1n) is 7.92. The largest absolute Gasteiger partial charge is 0.367 e. The van der Waals surface area contributed by atoms with Crippen LogP contribution in [0.2, 0.25) is 0 Å². The van der Waals surface area contributed by atoms with Gasteiger partial charge >= 0.3 is 0 Å². The third-order valence-electron chi connectivity index (χ3n) is 5.06. The second-order valence-electron chi connectivity index (χ2n) is 6.19. The molecule has 4 nitrogen and oxygen atoms in total. The highest BCUT2D eigenvalue weighted by molar-refractivity contribution is 5.94. The molecule has 0 bridgehead atoms. The molecule has 2 aliphatic rings. The van der Waals surface area contributed by atoms with Crippen LogP contribution in [0.1, 0.15) is 49.4 Å². The Balaban J connectivity index is 1.77. The Labute approximate surface area is 121 Å². The second-order valence-corrected chi connectivity index (χ2v) is 6.19. The lowest BCUT2D eigenvalue weighted by Crippen LogP contribution is -2.61. The number of nitrogens with one attached hydrogen (secondary N) is 1. The summed E-state index contributed by atoms with van der Waals surface area (Å²) in [7, 11) is 0. The second kappa shape index (κ2) is 5.60. The molecular formula is C16H25N3O. The Hall–Kier alpha value is -1.29. The van der Waals surface area contributed by atoms with Crippen molar-refractivity contribution in [1.82, 2.24) is 14.8 Å². The molecule has 3 heterocycles. The summed E-state index contributed by atoms with van der Waals surface area (Å²) in [6, 6.07) is 1.88. The first-order chi connectivity index (χ1) is 9.75. The van der Waals surface area contributed by atoms with Gasteiger partial charge in [0, 0.05) is 31.0 Å². The average Bonchev–Trinajstić information content (AvgIpc) is 3.01. The van der Waals surface area contributed by atoms with Crippen LogP contribution in [0.5, 0.6) is 0 Å². The van der Waals surface area contributed by atoms with Crippen molar-refractivity contribution in [2.75, 3.05) is 26.2 Å². The van der Waals surface area contributed by atoms with Crippen LogP contribution in [-0.4, -0.2) is 52.4 Å². The molecule has 4 heteroatoms. The van der Waals surface area contributed by atoms with Gasteiger partial charge in [-0.3, -0.25) is 9.69 Å². The predicted molar refractivity (Wildman–Crippen MR) is 79.8 cm³/mol. The van der Waals surface area contributed by atoms with Crippen LogP contribution in [0.4, 0.5) is 0 Å². The first-order valence-corrected chi connectivity index (χ1v) is 7.92. The molecular weight excluding hydrogens is 250 g/mol. The van der Waals surface area contributed by atoms with Crippen LogP contribution in [-0.2, 0) is 0 Å². The summed E-state index contributed by atoms with van der Waals surface area (Å²) in [5, 5.41) is 0. The van der Waals surface area contributed by atoms with Crippen LogP contribution in [0.3, 0.4) is 0 Å². The van der Waals surface area contributed by atoms with Crippen LogP contribution in [0.15, 0.2) is 18.5 Å². The molecule has 0 aliphatic carbocycles. The van der Waals surface area contributed by atoms with Gasteiger partial charge in [-0.05, 0) is 44.8 Å². The maximum absolute atomic E-state index is 12.6. The molecule has 1 unspecified atom stereocenters. The van der Waals surface area contributed by atoms with Crippen LogP contribution < -0.4 is 0 Å². The van der Waals surface area contributed by atoms with Crippen molar-refractivity contribution in [3.63, 3.8) is 0 Å². The average molecular weight is 275 g/mol. The van der Waals surface area contributed by atoms with Gasteiger partial charge in [0.25, 0.3) is 5.91 Å². The van der Waals surface area contributed by atoms with Crippen LogP contribution in [0.25, 0.3) is 0 Å². The Morgan fingerprint density at radius 2 is 2.15 bits per heavy atom. The standard InChI is InChI=1S/C16H25N3O/c1-2-19-11-4-3-7-16(19)8-5-10-18(13-16)15(20)14-6-9-17-12-14/h6,9,12,17H,2-5,7-8,10-11,13H2,1H3. The van der Waals surface area contributed by atoms with Crippen molar-refractivity contribution in [3.8, 4) is 0 Å². The zero-order valence-corrected chi connectivity index (χ0v) is 12.4. The monoisotopic (exact) mass is 275 g/mol. The van der Waals surface area contributed by atoms with E-state index in [-0.39, 0.29) is 11.4 Å². The summed E-state index contributed by atoms with van der Waals surface area (Å²) in [4.78, 5) is 20.2. The molecule has 1 amide bonds. The number of likely N-dealkylation sites (N-methyl/N-ethyl adjacent to an activating group) is 1. The number of carbonyl (C=O) groups excluding carboxylic acids is 1. The summed E-state index contributed by atoms with van der Waals surface area (Å²) in [6.45, 7) is 6.36. The molecule has 0 aromatic carbocycles. The summed E-state index contributed by atoms with van der Waals surface area (Å²) in [5.74, 6) is 0.187. The molecule has 1 aromatic rings. The predicted octanol–water partition coefficient (Wildman–Crippen LogP) is 2.50. The van der Waals surface area contributed by atoms with Gasteiger partial charge in [-0.15, -0.1) is 0 Å². The summed E-state index contributed by atoms with van der Waals surface area (Å²) in [5.41, 5.74) is 1.04. The summed E-state index contributed by atoms with van der Waals surface area (Å²) < 4.78 is 0. The van der Waals surface area contributed by atoms with Gasteiger partial charge in [-0.2, -0.15) is 0 Å². The zero-order chi connectivity index (χ0) is 14.0. The van der Waals surface area contributed by atoms with Gasteiger partial charge < -0.3 is 9.88 Å². The van der Waals surface area contributed by atoms with E-state index in [1.165, 1.54) is 32.2 Å². The third kappa shape index (κ3) is 2.37. The fourth-order valence-electron chi connectivity index (χ4n) is 4.03. The number of carbonyl (C=O) groups is 1. The molecule has 1 aromatic heterocycles. The van der Waals surface area contributed by atoms with E-state index in [1.807, 2.05) is 18.5 Å². The number of hydrogen-bond donors (Lipinski definition) is 1. The van der Waals surface area contributed by atoms with E-state index in [9.17, 15) is 4.79 Å². The maximum atomic E-state index is 12.6. The molecule has 2 fully saturated rings. The molecule has 2 aliphatic heterocycles. The number of hydrogen-bond acceptors (Lipinski definition) is 2. The van der Waals surface area contributed by atoms with E-state index in [0.717, 1.165) is 31.6 Å². The van der Waals surface area contributed by atoms with Crippen molar-refractivity contribution < 1.29 is 4.79 Å². The number of aromatic nitrogens is 1. The SMILES string of the molecule is CCN1CCCCC12CCCN(C(=O)c1cc[nH]c1)C2. The Morgan fingerprint density at radius 3 is 2.90 bits per heavy atom. The minimum absolute atomic E-state index is 0.187. The van der Waals surface area contributed by atoms with E-state index in [1.54, 1.807) is 0 Å². The lowest BCUT2D eigenvalue weighted by molar-refractivity contribution is -0.00913. The van der Waals surface area contributed by atoms with Crippen LogP contribution >= 0.6 is 0 Å². The smallest absolute Gasteiger partial charge is 0.255 e. The summed E-state index contributed by atoms with van der Waals surface area (Å²) >= 11 is 0. The zero-order valence-electron chi connectivity index (χ0n) is 12.4. The first kappa shape index (κ1) is 13.7. The van der Waals surface area contributed by atoms with Crippen molar-refractivity contribution in [3.05, 3.63) is 24.0 Å². The van der Waals surface area contributed by atoms with Gasteiger partial charge in [-0.25, -0.2) is 0 Å². The molecule has 110 valence electrons. The molecule has 0 radical (unpaired) electrons. The van der Waals surface area contributed by atoms with Gasteiger partial charge in [0.05, 0.1) is 5.56 Å². The normalized spacial score (nSPS) is 27.9. The van der Waals surface area contributed by atoms with E-state index in [0.29, 0.717) is 0 Å². The number of aromatic amines is 1. The fraction of sp³-hybridized carbons (Fsp3) is 0.688. The maximum Gasteiger partial charge on any atom is 0.255 e. The van der Waals surface area contributed by atoms with E-state index < -0.39 is 0 Å². The molecule has 3 rings (SSSR count). The quantitative estimate of drug-likeness (QED) is 0.900. The highest BCUT2D eigenvalue weighted by Crippen LogP contribution is 2.36. The topological polar surface area (TPSA) is 39.3 Å². The van der Waals surface area contributed by atoms with Gasteiger partial charge in [0.1, 0.15) is 0 Å². The van der Waals surface area contributed by atoms with Crippen LogP contribution in [0, 0.1) is 0 Å². The van der Waals surface area contributed by atoms with E-state index in [2.05, 4.69) is 21.7 Å². The number of rotatable bonds is 2. The van der Waals surface area contributed by atoms with Gasteiger partial charge in [0.15, 0.2) is 0 Å². The number of piperidine rings is 2. The number of amides is 1. The Morgan fingerprint density at radius 1 is 1.30 bits per heavy atom. The van der Waals surface area contributed by atoms with E-state index >= 15 is 0 Å². The highest BCUT2D eigenvalue weighted by Gasteiger charge is 2.42. The molecule has 20 heavy (non-hydrogen) atoms. The van der Waals surface area contributed by atoms with Gasteiger partial charge in [-0.1, -0.05) is 13.3 Å². The highest BCUT2D eigenvalue weighted by atomic mass is 16.2. The minimum atomic E-state index is 0.187. The van der Waals surface area contributed by atoms with Gasteiger partial charge in [0.2, 0.25) is 0 Å².